The maximum atomic E-state index is 10.5. The summed E-state index contributed by atoms with van der Waals surface area (Å²) in [7, 11) is 10.8. The molecule has 10 atom stereocenters. The number of aliphatic hydroxyl groups is 4. The Hall–Kier alpha value is -4.38. The number of ether oxygens (including phenoxy) is 11. The van der Waals surface area contributed by atoms with Crippen molar-refractivity contribution in [2.24, 2.45) is 11.8 Å². The van der Waals surface area contributed by atoms with Gasteiger partial charge in [0.2, 0.25) is 23.5 Å². The zero-order valence-corrected chi connectivity index (χ0v) is 32.9. The van der Waals surface area contributed by atoms with E-state index in [9.17, 15) is 20.4 Å². The molecule has 1 unspecified atom stereocenters. The van der Waals surface area contributed by atoms with Gasteiger partial charge in [0.1, 0.15) is 30.5 Å². The largest absolute Gasteiger partial charge is 0.493 e. The number of rotatable bonds is 16. The van der Waals surface area contributed by atoms with Gasteiger partial charge in [-0.3, -0.25) is 0 Å². The molecule has 2 fully saturated rings. The second-order valence-corrected chi connectivity index (χ2v) is 13.7. The van der Waals surface area contributed by atoms with Gasteiger partial charge in [-0.25, -0.2) is 0 Å². The zero-order chi connectivity index (χ0) is 40.1. The first-order valence-electron chi connectivity index (χ1n) is 18.0. The second kappa shape index (κ2) is 18.0. The molecule has 0 aliphatic carbocycles. The van der Waals surface area contributed by atoms with E-state index in [0.717, 1.165) is 16.7 Å². The summed E-state index contributed by atoms with van der Waals surface area (Å²) < 4.78 is 64.4. The van der Waals surface area contributed by atoms with Crippen LogP contribution in [-0.2, 0) is 15.9 Å². The number of hydrogen-bond donors (Lipinski definition) is 4. The van der Waals surface area contributed by atoms with E-state index in [0.29, 0.717) is 40.9 Å². The van der Waals surface area contributed by atoms with Crippen molar-refractivity contribution in [3.8, 4) is 51.7 Å². The Bertz CT molecular complexity index is 1670. The van der Waals surface area contributed by atoms with Gasteiger partial charge in [-0.1, -0.05) is 13.8 Å². The van der Waals surface area contributed by atoms with Crippen molar-refractivity contribution in [3.63, 3.8) is 0 Å². The maximum absolute atomic E-state index is 10.5. The highest BCUT2D eigenvalue weighted by molar-refractivity contribution is 5.57. The van der Waals surface area contributed by atoms with Crippen molar-refractivity contribution in [1.82, 2.24) is 0 Å². The predicted molar refractivity (Wildman–Crippen MR) is 198 cm³/mol. The number of benzene rings is 3. The van der Waals surface area contributed by atoms with Crippen LogP contribution in [0.2, 0.25) is 0 Å². The molecule has 3 aromatic rings. The quantitative estimate of drug-likeness (QED) is 0.164. The van der Waals surface area contributed by atoms with Crippen molar-refractivity contribution in [2.75, 3.05) is 56.4 Å². The fraction of sp³-hybridized carbons (Fsp3) is 0.550. The lowest BCUT2D eigenvalue weighted by molar-refractivity contribution is -0.277. The molecular weight excluding hydrogens is 720 g/mol. The lowest BCUT2D eigenvalue weighted by Crippen LogP contribution is -2.60. The lowest BCUT2D eigenvalue weighted by Gasteiger charge is -2.39. The van der Waals surface area contributed by atoms with Gasteiger partial charge >= 0.3 is 0 Å². The normalized spacial score (nSPS) is 26.8. The Morgan fingerprint density at radius 1 is 0.564 bits per heavy atom. The molecule has 3 aromatic carbocycles. The minimum absolute atomic E-state index is 0.0933. The molecule has 0 aromatic heterocycles. The van der Waals surface area contributed by atoms with Crippen LogP contribution >= 0.6 is 0 Å². The topological polar surface area (TPSA) is 182 Å². The lowest BCUT2D eigenvalue weighted by atomic mass is 9.85. The van der Waals surface area contributed by atoms with Crippen LogP contribution in [0.25, 0.3) is 0 Å². The monoisotopic (exact) mass is 774 g/mol. The minimum Gasteiger partial charge on any atom is -0.493 e. The van der Waals surface area contributed by atoms with Crippen molar-refractivity contribution in [3.05, 3.63) is 53.1 Å². The van der Waals surface area contributed by atoms with E-state index in [2.05, 4.69) is 13.8 Å². The van der Waals surface area contributed by atoms with E-state index in [4.69, 9.17) is 52.1 Å². The van der Waals surface area contributed by atoms with Crippen LogP contribution in [0.15, 0.2) is 36.4 Å². The van der Waals surface area contributed by atoms with E-state index in [1.54, 1.807) is 47.7 Å². The Morgan fingerprint density at radius 3 is 1.42 bits per heavy atom. The Balaban J connectivity index is 1.36. The molecule has 2 aliphatic heterocycles. The summed E-state index contributed by atoms with van der Waals surface area (Å²) >= 11 is 0. The summed E-state index contributed by atoms with van der Waals surface area (Å²) in [5.74, 6) is 3.82. The Morgan fingerprint density at radius 2 is 1.00 bits per heavy atom. The summed E-state index contributed by atoms with van der Waals surface area (Å²) in [6, 6.07) is 11.1. The maximum Gasteiger partial charge on any atom is 0.229 e. The summed E-state index contributed by atoms with van der Waals surface area (Å²) in [6.07, 6.45) is -7.93. The summed E-state index contributed by atoms with van der Waals surface area (Å²) in [4.78, 5) is 0. The summed E-state index contributed by atoms with van der Waals surface area (Å²) in [6.45, 7) is 5.61. The molecule has 2 heterocycles. The average molecular weight is 775 g/mol. The van der Waals surface area contributed by atoms with E-state index in [-0.39, 0.29) is 41.3 Å². The second-order valence-electron chi connectivity index (χ2n) is 13.7. The van der Waals surface area contributed by atoms with Crippen molar-refractivity contribution >= 4 is 0 Å². The molecule has 2 aliphatic rings. The fourth-order valence-corrected chi connectivity index (χ4v) is 7.19. The van der Waals surface area contributed by atoms with Gasteiger partial charge in [-0.15, -0.1) is 0 Å². The molecule has 4 N–H and O–H groups in total. The van der Waals surface area contributed by atoms with E-state index in [1.807, 2.05) is 31.2 Å². The highest BCUT2D eigenvalue weighted by Gasteiger charge is 2.45. The molecule has 2 saturated heterocycles. The van der Waals surface area contributed by atoms with Gasteiger partial charge in [0.15, 0.2) is 34.5 Å². The molecule has 0 bridgehead atoms. The van der Waals surface area contributed by atoms with Crippen LogP contribution in [0.4, 0.5) is 0 Å². The standard InChI is InChI=1S/C40H54O15/c1-19(11-22-12-25(45-4)39(26(13-22)46-5)55-40-34(44)33(43)32(42)31(18-41)53-40)52-38-29(49-8)16-24(17-30(38)50-9)36-21(3)20(2)35(54-36)23-14-27(47-6)37(51-10)28(15-23)48-7/h12-17,19-21,31-36,40-44H,11,18H2,1-10H3/t19?,20-,21-,31-,32-,33+,34-,35+,36-,40+/m1/s1. The van der Waals surface area contributed by atoms with Gasteiger partial charge in [0, 0.05) is 6.42 Å². The fourth-order valence-electron chi connectivity index (χ4n) is 7.19. The third-order valence-electron chi connectivity index (χ3n) is 10.3. The van der Waals surface area contributed by atoms with Crippen LogP contribution < -0.4 is 42.6 Å². The molecule has 15 nitrogen and oxygen atoms in total. The molecular formula is C40H54O15. The predicted octanol–water partition coefficient (Wildman–Crippen LogP) is 4.02. The van der Waals surface area contributed by atoms with E-state index >= 15 is 0 Å². The van der Waals surface area contributed by atoms with Gasteiger partial charge in [0.05, 0.1) is 68.6 Å². The van der Waals surface area contributed by atoms with Crippen LogP contribution in [0, 0.1) is 11.8 Å². The van der Waals surface area contributed by atoms with Crippen molar-refractivity contribution in [2.45, 2.75) is 76.2 Å². The molecule has 15 heteroatoms. The Labute approximate surface area is 321 Å². The molecule has 0 spiro atoms. The van der Waals surface area contributed by atoms with Crippen LogP contribution in [0.5, 0.6) is 51.7 Å². The first kappa shape index (κ1) is 41.8. The van der Waals surface area contributed by atoms with Gasteiger partial charge in [-0.2, -0.15) is 0 Å². The van der Waals surface area contributed by atoms with Crippen LogP contribution in [0.3, 0.4) is 0 Å². The van der Waals surface area contributed by atoms with Crippen molar-refractivity contribution < 1.29 is 72.5 Å². The summed E-state index contributed by atoms with van der Waals surface area (Å²) in [5.41, 5.74) is 2.54. The SMILES string of the molecule is COc1cc([C@H]2O[C@@H](c3cc(OC)c(OC(C)Cc4cc(OC)c(O[C@@H]5O[C@H](CO)[C@@H](O)[C@H](O)[C@H]5O)c(OC)c4)c(OC)c3)[C@H](C)[C@H]2C)cc(OC)c1OC. The molecule has 0 saturated carbocycles. The van der Waals surface area contributed by atoms with Crippen LogP contribution in [0.1, 0.15) is 49.7 Å². The highest BCUT2D eigenvalue weighted by atomic mass is 16.7. The van der Waals surface area contributed by atoms with Crippen molar-refractivity contribution in [1.29, 1.82) is 0 Å². The van der Waals surface area contributed by atoms with E-state index < -0.39 is 43.4 Å². The summed E-state index contributed by atoms with van der Waals surface area (Å²) in [5, 5.41) is 40.6. The molecule has 55 heavy (non-hydrogen) atoms. The molecule has 5 rings (SSSR count). The van der Waals surface area contributed by atoms with Gasteiger partial charge in [0.25, 0.3) is 0 Å². The Kier molecular flexibility index (Phi) is 13.7. The molecule has 304 valence electrons. The number of hydrogen-bond acceptors (Lipinski definition) is 15. The highest BCUT2D eigenvalue weighted by Crippen LogP contribution is 2.53. The first-order chi connectivity index (χ1) is 26.4. The van der Waals surface area contributed by atoms with Crippen LogP contribution in [-0.4, -0.2) is 114 Å². The zero-order valence-electron chi connectivity index (χ0n) is 32.9. The third-order valence-corrected chi connectivity index (χ3v) is 10.3. The van der Waals surface area contributed by atoms with Gasteiger partial charge < -0.3 is 72.5 Å². The number of methoxy groups -OCH3 is 7. The molecule has 0 radical (unpaired) electrons. The van der Waals surface area contributed by atoms with Gasteiger partial charge in [-0.05, 0) is 71.8 Å². The third kappa shape index (κ3) is 8.42. The van der Waals surface area contributed by atoms with E-state index in [1.165, 1.54) is 14.2 Å². The first-order valence-corrected chi connectivity index (χ1v) is 18.0. The average Bonchev–Trinajstić information content (AvgIpc) is 3.50. The number of aliphatic hydroxyl groups excluding tert-OH is 4. The molecule has 0 amide bonds. The smallest absolute Gasteiger partial charge is 0.229 e. The minimum atomic E-state index is -1.62.